The zero-order chi connectivity index (χ0) is 14.1. The predicted octanol–water partition coefficient (Wildman–Crippen LogP) is 4.40. The molecular weight excluding hydrogens is 317 g/mol. The van der Waals surface area contributed by atoms with Gasteiger partial charge >= 0.3 is 5.97 Å². The van der Waals surface area contributed by atoms with Gasteiger partial charge in [0.05, 0.1) is 10.6 Å². The van der Waals surface area contributed by atoms with Crippen molar-refractivity contribution in [2.24, 2.45) is 4.99 Å². The van der Waals surface area contributed by atoms with E-state index in [2.05, 4.69) is 4.99 Å². The third-order valence-corrected chi connectivity index (χ3v) is 3.99. The lowest BCUT2D eigenvalue weighted by molar-refractivity contribution is -0.129. The summed E-state index contributed by atoms with van der Waals surface area (Å²) in [5.74, 6) is -0.324. The van der Waals surface area contributed by atoms with Crippen molar-refractivity contribution in [3.8, 4) is 0 Å². The molecule has 0 radical (unpaired) electrons. The van der Waals surface area contributed by atoms with E-state index >= 15 is 0 Å². The predicted molar refractivity (Wildman–Crippen MR) is 81.4 cm³/mol. The Balaban J connectivity index is 2.00. The minimum atomic E-state index is -0.496. The van der Waals surface area contributed by atoms with Crippen molar-refractivity contribution in [2.75, 3.05) is 0 Å². The molecule has 0 fully saturated rings. The van der Waals surface area contributed by atoms with Crippen molar-refractivity contribution in [3.63, 3.8) is 0 Å². The van der Waals surface area contributed by atoms with E-state index in [1.165, 1.54) is 11.3 Å². The van der Waals surface area contributed by atoms with Crippen LogP contribution in [0.25, 0.3) is 6.08 Å². The van der Waals surface area contributed by atoms with Crippen molar-refractivity contribution >= 4 is 52.5 Å². The maximum atomic E-state index is 11.8. The molecule has 1 aliphatic heterocycles. The maximum absolute atomic E-state index is 11.8. The largest absolute Gasteiger partial charge is 0.402 e. The van der Waals surface area contributed by atoms with E-state index in [-0.39, 0.29) is 11.6 Å². The first-order chi connectivity index (χ1) is 9.63. The van der Waals surface area contributed by atoms with Crippen LogP contribution in [0.4, 0.5) is 0 Å². The molecule has 0 aliphatic carbocycles. The summed E-state index contributed by atoms with van der Waals surface area (Å²) in [4.78, 5) is 16.9. The number of halogens is 2. The molecule has 1 aromatic heterocycles. The molecule has 2 aromatic rings. The number of hydrogen-bond donors (Lipinski definition) is 0. The van der Waals surface area contributed by atoms with Gasteiger partial charge in [0.15, 0.2) is 5.70 Å². The Morgan fingerprint density at radius 3 is 2.85 bits per heavy atom. The van der Waals surface area contributed by atoms with E-state index in [1.807, 2.05) is 17.5 Å². The molecule has 0 saturated carbocycles. The highest BCUT2D eigenvalue weighted by molar-refractivity contribution is 7.10. The Hall–Kier alpha value is -1.62. The third kappa shape index (κ3) is 2.63. The van der Waals surface area contributed by atoms with Crippen LogP contribution >= 0.6 is 34.5 Å². The minimum absolute atomic E-state index is 0.172. The molecule has 1 aliphatic rings. The van der Waals surface area contributed by atoms with Crippen LogP contribution in [-0.2, 0) is 9.53 Å². The molecule has 3 nitrogen and oxygen atoms in total. The average Bonchev–Trinajstić information content (AvgIpc) is 3.04. The number of benzene rings is 1. The first kappa shape index (κ1) is 13.4. The van der Waals surface area contributed by atoms with Crippen LogP contribution in [0.3, 0.4) is 0 Å². The highest BCUT2D eigenvalue weighted by Gasteiger charge is 2.25. The van der Waals surface area contributed by atoms with E-state index < -0.39 is 5.97 Å². The summed E-state index contributed by atoms with van der Waals surface area (Å²) in [7, 11) is 0. The maximum Gasteiger partial charge on any atom is 0.363 e. The average molecular weight is 324 g/mol. The Bertz CT molecular complexity index is 736. The van der Waals surface area contributed by atoms with Gasteiger partial charge in [-0.25, -0.2) is 9.79 Å². The van der Waals surface area contributed by atoms with Crippen LogP contribution in [0.2, 0.25) is 10.0 Å². The van der Waals surface area contributed by atoms with E-state index in [1.54, 1.807) is 24.3 Å². The minimum Gasteiger partial charge on any atom is -0.402 e. The number of thiophene rings is 1. The number of ether oxygens (including phenoxy) is 1. The summed E-state index contributed by atoms with van der Waals surface area (Å²) in [6.07, 6.45) is 1.68. The molecular formula is C14H7Cl2NO2S. The van der Waals surface area contributed by atoms with Gasteiger partial charge in [-0.05, 0) is 35.7 Å². The molecule has 0 spiro atoms. The molecule has 3 rings (SSSR count). The summed E-state index contributed by atoms with van der Waals surface area (Å²) < 4.78 is 5.15. The van der Waals surface area contributed by atoms with Crippen LogP contribution in [0, 0.1) is 0 Å². The fourth-order valence-electron chi connectivity index (χ4n) is 1.69. The molecule has 0 amide bonds. The number of aliphatic imine (C=N–C) groups is 1. The van der Waals surface area contributed by atoms with E-state index in [4.69, 9.17) is 27.9 Å². The fraction of sp³-hybridized carbons (Fsp3) is 0. The number of carbonyl (C=O) groups excluding carboxylic acids is 1. The van der Waals surface area contributed by atoms with Crippen molar-refractivity contribution in [1.82, 2.24) is 0 Å². The number of rotatable bonds is 2. The van der Waals surface area contributed by atoms with Crippen LogP contribution in [-0.4, -0.2) is 11.9 Å². The Labute approximate surface area is 129 Å². The second-order valence-electron chi connectivity index (χ2n) is 3.98. The van der Waals surface area contributed by atoms with Gasteiger partial charge in [0.1, 0.15) is 0 Å². The smallest absolute Gasteiger partial charge is 0.363 e. The molecule has 0 saturated heterocycles. The number of carbonyl (C=O) groups is 1. The van der Waals surface area contributed by atoms with Gasteiger partial charge in [-0.1, -0.05) is 29.3 Å². The van der Waals surface area contributed by atoms with E-state index in [9.17, 15) is 4.79 Å². The Morgan fingerprint density at radius 2 is 2.10 bits per heavy atom. The molecule has 0 unspecified atom stereocenters. The molecule has 100 valence electrons. The van der Waals surface area contributed by atoms with Crippen LogP contribution < -0.4 is 0 Å². The number of esters is 1. The molecule has 2 heterocycles. The zero-order valence-corrected chi connectivity index (χ0v) is 12.3. The lowest BCUT2D eigenvalue weighted by atomic mass is 10.2. The standard InChI is InChI=1S/C14H7Cl2NO2S/c15-8-3-4-11(16)10(6-8)13-17-12(14(18)19-13)7-9-2-1-5-20-9/h1-7H/b12-7+. The SMILES string of the molecule is O=C1OC(c2cc(Cl)ccc2Cl)=N/C1=C/c1cccs1. The fourth-order valence-corrected chi connectivity index (χ4v) is 2.72. The van der Waals surface area contributed by atoms with Gasteiger partial charge < -0.3 is 4.74 Å². The van der Waals surface area contributed by atoms with Crippen LogP contribution in [0.5, 0.6) is 0 Å². The van der Waals surface area contributed by atoms with E-state index in [0.717, 1.165) is 4.88 Å². The van der Waals surface area contributed by atoms with Crippen LogP contribution in [0.15, 0.2) is 46.4 Å². The van der Waals surface area contributed by atoms with Gasteiger partial charge in [-0.15, -0.1) is 11.3 Å². The Kier molecular flexibility index (Phi) is 3.61. The van der Waals surface area contributed by atoms with Gasteiger partial charge in [0.25, 0.3) is 0 Å². The molecule has 0 bridgehead atoms. The van der Waals surface area contributed by atoms with Crippen molar-refractivity contribution in [2.45, 2.75) is 0 Å². The third-order valence-electron chi connectivity index (χ3n) is 2.60. The van der Waals surface area contributed by atoms with Gasteiger partial charge in [0, 0.05) is 9.90 Å². The first-order valence-electron chi connectivity index (χ1n) is 5.65. The summed E-state index contributed by atoms with van der Waals surface area (Å²) in [6.45, 7) is 0. The zero-order valence-electron chi connectivity index (χ0n) is 9.97. The molecule has 0 N–H and O–H groups in total. The molecule has 20 heavy (non-hydrogen) atoms. The van der Waals surface area contributed by atoms with E-state index in [0.29, 0.717) is 15.6 Å². The second kappa shape index (κ2) is 5.40. The quantitative estimate of drug-likeness (QED) is 0.607. The Morgan fingerprint density at radius 1 is 1.25 bits per heavy atom. The highest BCUT2D eigenvalue weighted by Crippen LogP contribution is 2.26. The normalized spacial score (nSPS) is 16.4. The number of cyclic esters (lactones) is 1. The van der Waals surface area contributed by atoms with Gasteiger partial charge in [0.2, 0.25) is 5.90 Å². The molecule has 6 heteroatoms. The summed E-state index contributed by atoms with van der Waals surface area (Å²) in [5, 5.41) is 2.85. The van der Waals surface area contributed by atoms with Crippen LogP contribution in [0.1, 0.15) is 10.4 Å². The van der Waals surface area contributed by atoms with Gasteiger partial charge in [-0.3, -0.25) is 0 Å². The summed E-state index contributed by atoms with van der Waals surface area (Å²) in [6, 6.07) is 8.70. The first-order valence-corrected chi connectivity index (χ1v) is 7.28. The molecule has 0 atom stereocenters. The van der Waals surface area contributed by atoms with Crippen molar-refractivity contribution in [3.05, 3.63) is 61.9 Å². The highest BCUT2D eigenvalue weighted by atomic mass is 35.5. The monoisotopic (exact) mass is 323 g/mol. The lowest BCUT2D eigenvalue weighted by Crippen LogP contribution is -2.05. The molecule has 1 aromatic carbocycles. The second-order valence-corrected chi connectivity index (χ2v) is 5.80. The van der Waals surface area contributed by atoms with Gasteiger partial charge in [-0.2, -0.15) is 0 Å². The topological polar surface area (TPSA) is 38.7 Å². The van der Waals surface area contributed by atoms with Crippen molar-refractivity contribution < 1.29 is 9.53 Å². The van der Waals surface area contributed by atoms with Crippen molar-refractivity contribution in [1.29, 1.82) is 0 Å². The lowest BCUT2D eigenvalue weighted by Gasteiger charge is -2.02. The number of nitrogens with zero attached hydrogens (tertiary/aromatic N) is 1. The summed E-state index contributed by atoms with van der Waals surface area (Å²) in [5.41, 5.74) is 0.751. The summed E-state index contributed by atoms with van der Waals surface area (Å²) >= 11 is 13.5. The number of hydrogen-bond acceptors (Lipinski definition) is 4.